The highest BCUT2D eigenvalue weighted by molar-refractivity contribution is 5.97. The summed E-state index contributed by atoms with van der Waals surface area (Å²) in [7, 11) is 0. The minimum Gasteiger partial charge on any atom is -0.507 e. The molecule has 0 radical (unpaired) electrons. The van der Waals surface area contributed by atoms with Crippen molar-refractivity contribution < 1.29 is 14.7 Å². The van der Waals surface area contributed by atoms with Crippen molar-refractivity contribution >= 4 is 11.7 Å². The monoisotopic (exact) mass is 233 g/mol. The molecule has 1 aliphatic heterocycles. The lowest BCUT2D eigenvalue weighted by Crippen LogP contribution is -2.38. The van der Waals surface area contributed by atoms with E-state index in [1.807, 2.05) is 6.92 Å². The highest BCUT2D eigenvalue weighted by atomic mass is 16.3. The smallest absolute Gasteiger partial charge is 0.257 e. The van der Waals surface area contributed by atoms with Gasteiger partial charge in [0.15, 0.2) is 0 Å². The van der Waals surface area contributed by atoms with Gasteiger partial charge in [-0.3, -0.25) is 9.59 Å². The lowest BCUT2D eigenvalue weighted by atomic mass is 10.1. The largest absolute Gasteiger partial charge is 0.507 e. The van der Waals surface area contributed by atoms with Crippen molar-refractivity contribution in [2.45, 2.75) is 19.8 Å². The van der Waals surface area contributed by atoms with Crippen LogP contribution in [0.1, 0.15) is 28.8 Å². The topological polar surface area (TPSA) is 57.6 Å². The van der Waals surface area contributed by atoms with Gasteiger partial charge in [-0.05, 0) is 24.6 Å². The fourth-order valence-electron chi connectivity index (χ4n) is 1.95. The van der Waals surface area contributed by atoms with Gasteiger partial charge in [-0.15, -0.1) is 0 Å². The molecule has 0 aliphatic carbocycles. The van der Waals surface area contributed by atoms with E-state index in [0.717, 1.165) is 5.56 Å². The van der Waals surface area contributed by atoms with Gasteiger partial charge in [-0.1, -0.05) is 6.07 Å². The van der Waals surface area contributed by atoms with Crippen LogP contribution in [-0.2, 0) is 4.79 Å². The Bertz CT molecular complexity index is 458. The number of carbonyl (C=O) groups excluding carboxylic acids is 2. The maximum atomic E-state index is 12.1. The minimum atomic E-state index is -0.199. The van der Waals surface area contributed by atoms with Crippen molar-refractivity contribution in [3.8, 4) is 5.75 Å². The van der Waals surface area contributed by atoms with Crippen LogP contribution < -0.4 is 0 Å². The van der Waals surface area contributed by atoms with Crippen LogP contribution in [-0.4, -0.2) is 34.8 Å². The molecule has 0 atom stereocenters. The molecule has 1 heterocycles. The number of Topliss-reactive ketones (excluding diaryl/α,β-unsaturated/α-hetero) is 1. The van der Waals surface area contributed by atoms with Gasteiger partial charge in [0.1, 0.15) is 11.5 Å². The van der Waals surface area contributed by atoms with Crippen molar-refractivity contribution in [1.29, 1.82) is 0 Å². The summed E-state index contributed by atoms with van der Waals surface area (Å²) in [6, 6.07) is 4.99. The summed E-state index contributed by atoms with van der Waals surface area (Å²) in [6.45, 7) is 2.75. The van der Waals surface area contributed by atoms with E-state index in [2.05, 4.69) is 0 Å². The van der Waals surface area contributed by atoms with E-state index in [4.69, 9.17) is 0 Å². The first kappa shape index (κ1) is 11.6. The normalized spacial score (nSPS) is 16.1. The van der Waals surface area contributed by atoms with Crippen LogP contribution in [0.25, 0.3) is 0 Å². The zero-order valence-electron chi connectivity index (χ0n) is 9.77. The van der Waals surface area contributed by atoms with Gasteiger partial charge in [0.05, 0.1) is 5.56 Å². The Labute approximate surface area is 99.9 Å². The van der Waals surface area contributed by atoms with Crippen LogP contribution in [0.3, 0.4) is 0 Å². The SMILES string of the molecule is Cc1ccc(C(=O)N2CCC(=O)CC2)c(O)c1. The number of piperidine rings is 1. The summed E-state index contributed by atoms with van der Waals surface area (Å²) in [6.07, 6.45) is 0.830. The number of amides is 1. The molecule has 0 bridgehead atoms. The fraction of sp³-hybridized carbons (Fsp3) is 0.385. The van der Waals surface area contributed by atoms with E-state index in [1.54, 1.807) is 23.1 Å². The van der Waals surface area contributed by atoms with Crippen LogP contribution >= 0.6 is 0 Å². The number of benzene rings is 1. The summed E-state index contributed by atoms with van der Waals surface area (Å²) < 4.78 is 0. The highest BCUT2D eigenvalue weighted by Crippen LogP contribution is 2.21. The number of phenolic OH excluding ortho intramolecular Hbond substituents is 1. The van der Waals surface area contributed by atoms with Crippen molar-refractivity contribution in [3.05, 3.63) is 29.3 Å². The number of ketones is 1. The Hall–Kier alpha value is -1.84. The molecule has 1 aliphatic rings. The Kier molecular flexibility index (Phi) is 3.13. The van der Waals surface area contributed by atoms with Gasteiger partial charge >= 0.3 is 0 Å². The number of hydrogen-bond donors (Lipinski definition) is 1. The molecule has 0 aromatic heterocycles. The minimum absolute atomic E-state index is 0.00639. The lowest BCUT2D eigenvalue weighted by molar-refractivity contribution is -0.120. The second kappa shape index (κ2) is 4.57. The maximum Gasteiger partial charge on any atom is 0.257 e. The van der Waals surface area contributed by atoms with E-state index in [0.29, 0.717) is 31.5 Å². The zero-order chi connectivity index (χ0) is 12.4. The maximum absolute atomic E-state index is 12.1. The van der Waals surface area contributed by atoms with E-state index in [-0.39, 0.29) is 17.4 Å². The third-order valence-electron chi connectivity index (χ3n) is 2.99. The average Bonchev–Trinajstić information content (AvgIpc) is 2.29. The standard InChI is InChI=1S/C13H15NO3/c1-9-2-3-11(12(16)8-9)13(17)14-6-4-10(15)5-7-14/h2-3,8,16H,4-7H2,1H3. The van der Waals surface area contributed by atoms with Gasteiger partial charge in [0, 0.05) is 25.9 Å². The summed E-state index contributed by atoms with van der Waals surface area (Å²) in [4.78, 5) is 24.8. The van der Waals surface area contributed by atoms with E-state index in [9.17, 15) is 14.7 Å². The van der Waals surface area contributed by atoms with Crippen LogP contribution in [0.4, 0.5) is 0 Å². The molecule has 4 heteroatoms. The summed E-state index contributed by atoms with van der Waals surface area (Å²) in [5.41, 5.74) is 1.22. The second-order valence-electron chi connectivity index (χ2n) is 4.35. The molecule has 0 spiro atoms. The molecule has 0 saturated carbocycles. The predicted octanol–water partition coefficient (Wildman–Crippen LogP) is 1.51. The highest BCUT2D eigenvalue weighted by Gasteiger charge is 2.23. The number of hydrogen-bond acceptors (Lipinski definition) is 3. The summed E-state index contributed by atoms with van der Waals surface area (Å²) >= 11 is 0. The molecule has 1 saturated heterocycles. The zero-order valence-corrected chi connectivity index (χ0v) is 9.77. The van der Waals surface area contributed by atoms with Crippen molar-refractivity contribution in [1.82, 2.24) is 4.90 Å². The lowest BCUT2D eigenvalue weighted by Gasteiger charge is -2.26. The molecule has 4 nitrogen and oxygen atoms in total. The Balaban J connectivity index is 2.16. The number of rotatable bonds is 1. The van der Waals surface area contributed by atoms with Crippen LogP contribution in [0.5, 0.6) is 5.75 Å². The molecule has 2 rings (SSSR count). The molecule has 0 unspecified atom stereocenters. The van der Waals surface area contributed by atoms with E-state index < -0.39 is 0 Å². The van der Waals surface area contributed by atoms with Crippen molar-refractivity contribution in [2.24, 2.45) is 0 Å². The van der Waals surface area contributed by atoms with Gasteiger partial charge in [-0.2, -0.15) is 0 Å². The average molecular weight is 233 g/mol. The first-order valence-corrected chi connectivity index (χ1v) is 5.68. The summed E-state index contributed by atoms with van der Waals surface area (Å²) in [5, 5.41) is 9.73. The summed E-state index contributed by atoms with van der Waals surface area (Å²) in [5.74, 6) is 0.00378. The number of carbonyl (C=O) groups is 2. The molecule has 1 N–H and O–H groups in total. The van der Waals surface area contributed by atoms with Crippen molar-refractivity contribution in [3.63, 3.8) is 0 Å². The third-order valence-corrected chi connectivity index (χ3v) is 2.99. The Morgan fingerprint density at radius 2 is 1.94 bits per heavy atom. The predicted molar refractivity (Wildman–Crippen MR) is 63.0 cm³/mol. The second-order valence-corrected chi connectivity index (χ2v) is 4.35. The quantitative estimate of drug-likeness (QED) is 0.799. The first-order chi connectivity index (χ1) is 8.08. The van der Waals surface area contributed by atoms with E-state index >= 15 is 0 Å². The van der Waals surface area contributed by atoms with Crippen LogP contribution in [0, 0.1) is 6.92 Å². The first-order valence-electron chi connectivity index (χ1n) is 5.68. The van der Waals surface area contributed by atoms with Gasteiger partial charge in [0.25, 0.3) is 5.91 Å². The molecular formula is C13H15NO3. The number of nitrogens with zero attached hydrogens (tertiary/aromatic N) is 1. The molecule has 90 valence electrons. The Morgan fingerprint density at radius 3 is 2.53 bits per heavy atom. The van der Waals surface area contributed by atoms with Gasteiger partial charge < -0.3 is 10.0 Å². The number of phenols is 1. The fourth-order valence-corrected chi connectivity index (χ4v) is 1.95. The molecule has 17 heavy (non-hydrogen) atoms. The number of aryl methyl sites for hydroxylation is 1. The van der Waals surface area contributed by atoms with Crippen molar-refractivity contribution in [2.75, 3.05) is 13.1 Å². The number of likely N-dealkylation sites (tertiary alicyclic amines) is 1. The Morgan fingerprint density at radius 1 is 1.29 bits per heavy atom. The van der Waals surface area contributed by atoms with E-state index in [1.165, 1.54) is 0 Å². The van der Waals surface area contributed by atoms with Crippen LogP contribution in [0.2, 0.25) is 0 Å². The third kappa shape index (κ3) is 2.46. The number of aromatic hydroxyl groups is 1. The van der Waals surface area contributed by atoms with Gasteiger partial charge in [0.2, 0.25) is 0 Å². The van der Waals surface area contributed by atoms with Gasteiger partial charge in [-0.25, -0.2) is 0 Å². The molecule has 1 aromatic carbocycles. The molecular weight excluding hydrogens is 218 g/mol. The molecule has 1 amide bonds. The molecule has 1 fully saturated rings. The molecule has 1 aromatic rings. The van der Waals surface area contributed by atoms with Crippen LogP contribution in [0.15, 0.2) is 18.2 Å².